The minimum Gasteiger partial charge on any atom is -0.198 e. The average molecular weight is 215 g/mol. The molecule has 1 nitrogen and oxygen atoms in total. The zero-order valence-corrected chi connectivity index (χ0v) is 10.7. The van der Waals surface area contributed by atoms with Crippen LogP contribution in [0.5, 0.6) is 0 Å². The van der Waals surface area contributed by atoms with Crippen LogP contribution in [0.1, 0.15) is 57.1 Å². The van der Waals surface area contributed by atoms with Crippen LogP contribution in [0.25, 0.3) is 0 Å². The van der Waals surface area contributed by atoms with Gasteiger partial charge in [0.2, 0.25) is 0 Å². The number of rotatable bonds is 4. The van der Waals surface area contributed by atoms with Crippen LogP contribution in [0.2, 0.25) is 0 Å². The highest BCUT2D eigenvalue weighted by Gasteiger charge is 2.14. The molecule has 0 aliphatic heterocycles. The van der Waals surface area contributed by atoms with Gasteiger partial charge in [0.15, 0.2) is 0 Å². The van der Waals surface area contributed by atoms with Gasteiger partial charge in [-0.3, -0.25) is 0 Å². The first-order chi connectivity index (χ1) is 7.60. The summed E-state index contributed by atoms with van der Waals surface area (Å²) in [6, 6.07) is 10.9. The molecule has 1 heteroatoms. The summed E-state index contributed by atoms with van der Waals surface area (Å²) in [5.74, 6) is 0.999. The molecule has 86 valence electrons. The molecule has 1 aromatic rings. The van der Waals surface area contributed by atoms with E-state index in [0.29, 0.717) is 11.8 Å². The number of hydrogen-bond acceptors (Lipinski definition) is 1. The van der Waals surface area contributed by atoms with Crippen molar-refractivity contribution in [1.29, 1.82) is 5.26 Å². The first-order valence-electron chi connectivity index (χ1n) is 6.09. The van der Waals surface area contributed by atoms with E-state index in [-0.39, 0.29) is 5.92 Å². The van der Waals surface area contributed by atoms with Crippen molar-refractivity contribution in [3.63, 3.8) is 0 Å². The highest BCUT2D eigenvalue weighted by molar-refractivity contribution is 5.30. The van der Waals surface area contributed by atoms with Crippen molar-refractivity contribution in [2.24, 2.45) is 5.92 Å². The highest BCUT2D eigenvalue weighted by atomic mass is 14.3. The number of hydrogen-bond donors (Lipinski definition) is 0. The third-order valence-corrected chi connectivity index (χ3v) is 3.28. The van der Waals surface area contributed by atoms with Gasteiger partial charge in [-0.25, -0.2) is 0 Å². The maximum Gasteiger partial charge on any atom is 0.0735 e. The van der Waals surface area contributed by atoms with Gasteiger partial charge in [0.05, 0.1) is 12.0 Å². The molecule has 1 rings (SSSR count). The lowest BCUT2D eigenvalue weighted by molar-refractivity contribution is 0.587. The van der Waals surface area contributed by atoms with E-state index in [4.69, 9.17) is 5.26 Å². The van der Waals surface area contributed by atoms with E-state index in [2.05, 4.69) is 58.0 Å². The molecule has 0 aliphatic carbocycles. The second-order valence-corrected chi connectivity index (χ2v) is 4.83. The molecule has 2 unspecified atom stereocenters. The lowest BCUT2D eigenvalue weighted by atomic mass is 9.88. The summed E-state index contributed by atoms with van der Waals surface area (Å²) in [5.41, 5.74) is 2.51. The maximum atomic E-state index is 9.12. The fourth-order valence-electron chi connectivity index (χ4n) is 1.88. The van der Waals surface area contributed by atoms with Gasteiger partial charge >= 0.3 is 0 Å². The van der Waals surface area contributed by atoms with E-state index in [9.17, 15) is 0 Å². The number of nitriles is 1. The Morgan fingerprint density at radius 1 is 1.06 bits per heavy atom. The number of benzene rings is 1. The Hall–Kier alpha value is -1.29. The van der Waals surface area contributed by atoms with Gasteiger partial charge in [-0.15, -0.1) is 0 Å². The van der Waals surface area contributed by atoms with Crippen LogP contribution in [-0.4, -0.2) is 0 Å². The first kappa shape index (κ1) is 12.8. The summed E-state index contributed by atoms with van der Waals surface area (Å²) in [5, 5.41) is 9.12. The minimum atomic E-state index is 0.0194. The molecule has 0 spiro atoms. The summed E-state index contributed by atoms with van der Waals surface area (Å²) in [7, 11) is 0. The third kappa shape index (κ3) is 2.85. The van der Waals surface area contributed by atoms with Crippen LogP contribution in [0.3, 0.4) is 0 Å². The molecule has 0 bridgehead atoms. The second-order valence-electron chi connectivity index (χ2n) is 4.83. The van der Waals surface area contributed by atoms with E-state index in [1.54, 1.807) is 0 Å². The summed E-state index contributed by atoms with van der Waals surface area (Å²) >= 11 is 0. The second kappa shape index (κ2) is 5.70. The van der Waals surface area contributed by atoms with Crippen LogP contribution < -0.4 is 0 Å². The van der Waals surface area contributed by atoms with Crippen LogP contribution in [0.4, 0.5) is 0 Å². The summed E-state index contributed by atoms with van der Waals surface area (Å²) in [4.78, 5) is 0. The van der Waals surface area contributed by atoms with Gasteiger partial charge in [-0.1, -0.05) is 52.0 Å². The molecule has 0 radical (unpaired) electrons. The SMILES string of the molecule is CCC(C)c1ccc(C(C#N)C(C)C)cc1. The van der Waals surface area contributed by atoms with E-state index in [1.165, 1.54) is 5.56 Å². The van der Waals surface area contributed by atoms with Crippen LogP contribution in [0, 0.1) is 17.2 Å². The average Bonchev–Trinajstić information content (AvgIpc) is 2.29. The summed E-state index contributed by atoms with van der Waals surface area (Å²) < 4.78 is 0. The normalized spacial score (nSPS) is 14.5. The fourth-order valence-corrected chi connectivity index (χ4v) is 1.88. The van der Waals surface area contributed by atoms with E-state index in [0.717, 1.165) is 12.0 Å². The predicted octanol–water partition coefficient (Wildman–Crippen LogP) is 4.46. The van der Waals surface area contributed by atoms with Crippen molar-refractivity contribution in [3.8, 4) is 6.07 Å². The van der Waals surface area contributed by atoms with Gasteiger partial charge in [-0.2, -0.15) is 5.26 Å². The van der Waals surface area contributed by atoms with Gasteiger partial charge in [0, 0.05) is 0 Å². The molecule has 0 fully saturated rings. The van der Waals surface area contributed by atoms with Gasteiger partial charge in [0.1, 0.15) is 0 Å². The van der Waals surface area contributed by atoms with Crippen molar-refractivity contribution >= 4 is 0 Å². The smallest absolute Gasteiger partial charge is 0.0735 e. The number of nitrogens with zero attached hydrogens (tertiary/aromatic N) is 1. The molecule has 1 aromatic carbocycles. The minimum absolute atomic E-state index is 0.0194. The topological polar surface area (TPSA) is 23.8 Å². The molecule has 0 aromatic heterocycles. The van der Waals surface area contributed by atoms with Crippen LogP contribution in [0.15, 0.2) is 24.3 Å². The Balaban J connectivity index is 2.90. The van der Waals surface area contributed by atoms with Crippen molar-refractivity contribution < 1.29 is 0 Å². The highest BCUT2D eigenvalue weighted by Crippen LogP contribution is 2.26. The maximum absolute atomic E-state index is 9.12. The van der Waals surface area contributed by atoms with Crippen molar-refractivity contribution in [2.75, 3.05) is 0 Å². The Morgan fingerprint density at radius 2 is 1.56 bits per heavy atom. The molecular weight excluding hydrogens is 194 g/mol. The summed E-state index contributed by atoms with van der Waals surface area (Å²) in [6.45, 7) is 8.62. The van der Waals surface area contributed by atoms with Crippen LogP contribution >= 0.6 is 0 Å². The first-order valence-corrected chi connectivity index (χ1v) is 6.09. The molecule has 0 aliphatic rings. The Labute approximate surface area is 99.1 Å². The summed E-state index contributed by atoms with van der Waals surface area (Å²) in [6.07, 6.45) is 1.16. The molecule has 16 heavy (non-hydrogen) atoms. The van der Waals surface area contributed by atoms with Crippen molar-refractivity contribution in [3.05, 3.63) is 35.4 Å². The Bertz CT molecular complexity index is 356. The van der Waals surface area contributed by atoms with Crippen molar-refractivity contribution in [1.82, 2.24) is 0 Å². The van der Waals surface area contributed by atoms with Gasteiger partial charge < -0.3 is 0 Å². The molecular formula is C15H21N. The van der Waals surface area contributed by atoms with E-state index < -0.39 is 0 Å². The molecule has 2 atom stereocenters. The van der Waals surface area contributed by atoms with E-state index >= 15 is 0 Å². The predicted molar refractivity (Wildman–Crippen MR) is 68.3 cm³/mol. The fraction of sp³-hybridized carbons (Fsp3) is 0.533. The molecule has 0 heterocycles. The van der Waals surface area contributed by atoms with Gasteiger partial charge in [0.25, 0.3) is 0 Å². The molecule has 0 N–H and O–H groups in total. The van der Waals surface area contributed by atoms with Crippen LogP contribution in [-0.2, 0) is 0 Å². The van der Waals surface area contributed by atoms with Crippen molar-refractivity contribution in [2.45, 2.75) is 46.0 Å². The molecule has 0 amide bonds. The standard InChI is InChI=1S/C15H21N/c1-5-12(4)13-6-8-14(9-7-13)15(10-16)11(2)3/h6-9,11-12,15H,5H2,1-4H3. The third-order valence-electron chi connectivity index (χ3n) is 3.28. The zero-order chi connectivity index (χ0) is 12.1. The Kier molecular flexibility index (Phi) is 4.55. The monoisotopic (exact) mass is 215 g/mol. The Morgan fingerprint density at radius 3 is 1.94 bits per heavy atom. The largest absolute Gasteiger partial charge is 0.198 e. The van der Waals surface area contributed by atoms with E-state index in [1.807, 2.05) is 0 Å². The lowest BCUT2D eigenvalue weighted by Gasteiger charge is -2.15. The quantitative estimate of drug-likeness (QED) is 0.727. The lowest BCUT2D eigenvalue weighted by Crippen LogP contribution is -2.04. The molecule has 0 saturated carbocycles. The zero-order valence-electron chi connectivity index (χ0n) is 10.7. The molecule has 0 saturated heterocycles. The van der Waals surface area contributed by atoms with Gasteiger partial charge in [-0.05, 0) is 29.4 Å².